The Hall–Kier alpha value is -6.20. The van der Waals surface area contributed by atoms with Gasteiger partial charge in [0.1, 0.15) is 11.5 Å². The smallest absolute Gasteiger partial charge is 0.274 e. The molecule has 0 spiro atoms. The molecule has 18 heteroatoms. The third-order valence-corrected chi connectivity index (χ3v) is 10.8. The lowest BCUT2D eigenvalue weighted by Gasteiger charge is -2.45. The normalized spacial score (nSPS) is 14.6. The zero-order chi connectivity index (χ0) is 42.2. The van der Waals surface area contributed by atoms with Crippen molar-refractivity contribution in [3.63, 3.8) is 0 Å². The minimum atomic E-state index is -0.421. The number of nitrogen functional groups attached to an aromatic ring is 2. The van der Waals surface area contributed by atoms with E-state index in [1.807, 2.05) is 70.1 Å². The number of aromatic nitrogens is 6. The van der Waals surface area contributed by atoms with Crippen molar-refractivity contribution in [3.05, 3.63) is 108 Å². The van der Waals surface area contributed by atoms with Crippen LogP contribution in [0.2, 0.25) is 5.15 Å². The second-order valence-corrected chi connectivity index (χ2v) is 15.4. The monoisotopic (exact) mass is 841 g/mol. The van der Waals surface area contributed by atoms with Crippen LogP contribution >= 0.6 is 11.6 Å². The molecule has 5 aromatic rings. The summed E-state index contributed by atoms with van der Waals surface area (Å²) in [5.74, 6) is 0.403. The maximum Gasteiger partial charge on any atom is 0.274 e. The number of carbonyl (C=O) groups excluding carboxylic acids is 3. The lowest BCUT2D eigenvalue weighted by molar-refractivity contribution is -0.933. The summed E-state index contributed by atoms with van der Waals surface area (Å²) in [4.78, 5) is 54.0. The van der Waals surface area contributed by atoms with Crippen molar-refractivity contribution >= 4 is 41.0 Å². The molecule has 1 aliphatic heterocycles. The standard InChI is InChI=1S/C42H53ClN12O5/c43-39-41(45)52-40(44)38(51-39)42(58)50-33-6-3-25-55(26-33,23-1-4-31-7-11-34(12-8-31)59-27-36(56)48-17-21-53-19-15-46-29-53)24-2-5-32-9-13-35(14-10-32)60-28-37(57)49-18-22-54-20-16-47-30-54/h7-16,19-20,29-30,33H,1-6,17-18,21-28H2,(H6-,44,45,48,49,50,52,56,57,58)/p+1. The number of aryl methyl sites for hydroxylation is 2. The predicted octanol–water partition coefficient (Wildman–Crippen LogP) is 3.05. The summed E-state index contributed by atoms with van der Waals surface area (Å²) in [6.45, 7) is 5.76. The summed E-state index contributed by atoms with van der Waals surface area (Å²) in [5.41, 5.74) is 14.1. The third-order valence-electron chi connectivity index (χ3n) is 10.5. The van der Waals surface area contributed by atoms with Gasteiger partial charge in [-0.1, -0.05) is 35.9 Å². The minimum absolute atomic E-state index is 0.0234. The number of nitrogens with one attached hydrogen (secondary N) is 3. The van der Waals surface area contributed by atoms with Gasteiger partial charge in [0.2, 0.25) is 0 Å². The number of hydrogen-bond donors (Lipinski definition) is 5. The Morgan fingerprint density at radius 2 is 1.30 bits per heavy atom. The molecule has 0 radical (unpaired) electrons. The summed E-state index contributed by atoms with van der Waals surface area (Å²) >= 11 is 6.08. The molecule has 1 aliphatic rings. The number of benzene rings is 2. The van der Waals surface area contributed by atoms with Crippen LogP contribution in [0.25, 0.3) is 0 Å². The van der Waals surface area contributed by atoms with E-state index < -0.39 is 5.91 Å². The molecule has 60 heavy (non-hydrogen) atoms. The van der Waals surface area contributed by atoms with Gasteiger partial charge >= 0.3 is 0 Å². The molecule has 7 N–H and O–H groups in total. The number of anilines is 2. The minimum Gasteiger partial charge on any atom is -0.484 e. The topological polar surface area (TPSA) is 219 Å². The molecule has 0 saturated carbocycles. The maximum atomic E-state index is 13.3. The van der Waals surface area contributed by atoms with Gasteiger partial charge in [-0.15, -0.1) is 0 Å². The molecule has 0 bridgehead atoms. The number of rotatable bonds is 22. The zero-order valence-electron chi connectivity index (χ0n) is 33.7. The summed E-state index contributed by atoms with van der Waals surface area (Å²) in [6.07, 6.45) is 15.9. The number of likely N-dealkylation sites (tertiary alicyclic amines) is 1. The van der Waals surface area contributed by atoms with Gasteiger partial charge in [0.25, 0.3) is 17.7 Å². The number of ether oxygens (including phenoxy) is 2. The molecule has 1 fully saturated rings. The van der Waals surface area contributed by atoms with E-state index in [9.17, 15) is 14.4 Å². The van der Waals surface area contributed by atoms with E-state index >= 15 is 0 Å². The molecule has 3 aromatic heterocycles. The van der Waals surface area contributed by atoms with Crippen LogP contribution in [0.1, 0.15) is 47.3 Å². The van der Waals surface area contributed by atoms with Crippen molar-refractivity contribution in [2.24, 2.45) is 0 Å². The first-order valence-electron chi connectivity index (χ1n) is 20.3. The summed E-state index contributed by atoms with van der Waals surface area (Å²) in [5, 5.41) is 8.81. The van der Waals surface area contributed by atoms with Crippen LogP contribution in [0.3, 0.4) is 0 Å². The number of imidazole rings is 2. The van der Waals surface area contributed by atoms with E-state index in [1.54, 1.807) is 25.0 Å². The van der Waals surface area contributed by atoms with Crippen molar-refractivity contribution in [2.75, 3.05) is 63.9 Å². The first-order valence-corrected chi connectivity index (χ1v) is 20.6. The van der Waals surface area contributed by atoms with E-state index in [4.69, 9.17) is 32.5 Å². The van der Waals surface area contributed by atoms with Crippen LogP contribution in [0.4, 0.5) is 11.6 Å². The Kier molecular flexibility index (Phi) is 15.7. The molecular formula is C42H54ClN12O5+. The molecule has 318 valence electrons. The molecule has 17 nitrogen and oxygen atoms in total. The predicted molar refractivity (Wildman–Crippen MR) is 227 cm³/mol. The van der Waals surface area contributed by atoms with E-state index in [0.717, 1.165) is 69.2 Å². The highest BCUT2D eigenvalue weighted by Gasteiger charge is 2.35. The maximum absolute atomic E-state index is 13.3. The lowest BCUT2D eigenvalue weighted by atomic mass is 9.99. The zero-order valence-corrected chi connectivity index (χ0v) is 34.4. The van der Waals surface area contributed by atoms with E-state index in [0.29, 0.717) is 37.7 Å². The van der Waals surface area contributed by atoms with Crippen molar-refractivity contribution < 1.29 is 28.3 Å². The average molecular weight is 842 g/mol. The Morgan fingerprint density at radius 1 is 0.767 bits per heavy atom. The first-order chi connectivity index (χ1) is 29.1. The highest BCUT2D eigenvalue weighted by molar-refractivity contribution is 6.31. The van der Waals surface area contributed by atoms with E-state index in [-0.39, 0.29) is 53.6 Å². The molecule has 6 rings (SSSR count). The average Bonchev–Trinajstić information content (AvgIpc) is 3.97. The molecule has 0 aliphatic carbocycles. The third kappa shape index (κ3) is 13.4. The Balaban J connectivity index is 0.997. The second-order valence-electron chi connectivity index (χ2n) is 15.0. The van der Waals surface area contributed by atoms with Gasteiger partial charge in [-0.2, -0.15) is 0 Å². The molecule has 2 aromatic carbocycles. The number of hydrogen-bond acceptors (Lipinski definition) is 11. The fraction of sp³-hybridized carbons (Fsp3) is 0.405. The van der Waals surface area contributed by atoms with E-state index in [1.165, 1.54) is 11.1 Å². The summed E-state index contributed by atoms with van der Waals surface area (Å²) < 4.78 is 16.1. The Morgan fingerprint density at radius 3 is 1.80 bits per heavy atom. The van der Waals surface area contributed by atoms with Gasteiger partial charge in [-0.25, -0.2) is 19.9 Å². The summed E-state index contributed by atoms with van der Waals surface area (Å²) in [7, 11) is 0. The number of piperidine rings is 1. The molecule has 3 amide bonds. The van der Waals surface area contributed by atoms with Crippen LogP contribution in [0.15, 0.2) is 86.0 Å². The van der Waals surface area contributed by atoms with Crippen molar-refractivity contribution in [2.45, 2.75) is 57.7 Å². The Bertz CT molecular complexity index is 2010. The van der Waals surface area contributed by atoms with Gasteiger partial charge in [-0.05, 0) is 61.1 Å². The molecule has 1 saturated heterocycles. The number of carbonyl (C=O) groups is 3. The number of quaternary nitrogens is 1. The quantitative estimate of drug-likeness (QED) is 0.0638. The first kappa shape index (κ1) is 43.4. The number of amides is 3. The van der Waals surface area contributed by atoms with Crippen LogP contribution in [-0.2, 0) is 35.5 Å². The van der Waals surface area contributed by atoms with E-state index in [2.05, 4.69) is 35.9 Å². The SMILES string of the molecule is Nc1nc(N)c(C(=O)NC2CCC[N+](CCCc3ccc(OCC(=O)NCCn4ccnc4)cc3)(CCCc3ccc(OCC(=O)NCCn4ccnc4)cc3)C2)nc1Cl. The number of halogens is 1. The Labute approximate surface area is 354 Å². The fourth-order valence-corrected chi connectivity index (χ4v) is 7.58. The fourth-order valence-electron chi connectivity index (χ4n) is 7.45. The lowest BCUT2D eigenvalue weighted by Crippen LogP contribution is -2.60. The van der Waals surface area contributed by atoms with Gasteiger partial charge < -0.3 is 50.5 Å². The van der Waals surface area contributed by atoms with Crippen LogP contribution in [-0.4, -0.2) is 110 Å². The van der Waals surface area contributed by atoms with Gasteiger partial charge in [0.15, 0.2) is 35.7 Å². The van der Waals surface area contributed by atoms with Crippen LogP contribution in [0.5, 0.6) is 11.5 Å². The summed E-state index contributed by atoms with van der Waals surface area (Å²) in [6, 6.07) is 15.7. The highest BCUT2D eigenvalue weighted by Crippen LogP contribution is 2.25. The van der Waals surface area contributed by atoms with Crippen molar-refractivity contribution in [1.29, 1.82) is 0 Å². The highest BCUT2D eigenvalue weighted by atomic mass is 35.5. The van der Waals surface area contributed by atoms with Gasteiger partial charge in [0, 0.05) is 63.8 Å². The molecule has 4 heterocycles. The molecular weight excluding hydrogens is 788 g/mol. The number of nitrogens with two attached hydrogens (primary N) is 2. The molecule has 1 atom stereocenters. The largest absolute Gasteiger partial charge is 0.484 e. The van der Waals surface area contributed by atoms with Crippen molar-refractivity contribution in [1.82, 2.24) is 45.0 Å². The van der Waals surface area contributed by atoms with Crippen LogP contribution < -0.4 is 36.9 Å². The second kappa shape index (κ2) is 21.7. The van der Waals surface area contributed by atoms with Gasteiger partial charge in [0.05, 0.1) is 44.9 Å². The van der Waals surface area contributed by atoms with Crippen LogP contribution in [0, 0.1) is 0 Å². The molecule has 1 unspecified atom stereocenters. The van der Waals surface area contributed by atoms with Crippen molar-refractivity contribution in [3.8, 4) is 11.5 Å². The van der Waals surface area contributed by atoms with Gasteiger partial charge in [-0.3, -0.25) is 14.4 Å². The number of nitrogens with zero attached hydrogens (tertiary/aromatic N) is 7.